The third-order valence-corrected chi connectivity index (χ3v) is 8.38. The molecule has 5 nitrogen and oxygen atoms in total. The Labute approximate surface area is 242 Å². The third-order valence-electron chi connectivity index (χ3n) is 7.00. The third kappa shape index (κ3) is 7.61. The maximum atomic E-state index is 13.5. The van der Waals surface area contributed by atoms with Gasteiger partial charge in [0.2, 0.25) is 0 Å². The molecular formula is C32H39N3O2S2. The van der Waals surface area contributed by atoms with Crippen molar-refractivity contribution in [3.05, 3.63) is 71.3 Å². The van der Waals surface area contributed by atoms with Crippen LogP contribution in [0.3, 0.4) is 0 Å². The second kappa shape index (κ2) is 13.9. The van der Waals surface area contributed by atoms with Gasteiger partial charge in [-0.1, -0.05) is 89.1 Å². The average Bonchev–Trinajstić information content (AvgIpc) is 3.47. The van der Waals surface area contributed by atoms with Gasteiger partial charge in [-0.25, -0.2) is 4.68 Å². The fourth-order valence-electron chi connectivity index (χ4n) is 4.53. The first kappa shape index (κ1) is 29.1. The van der Waals surface area contributed by atoms with Crippen LogP contribution in [0.15, 0.2) is 65.7 Å². The van der Waals surface area contributed by atoms with Crippen molar-refractivity contribution in [3.8, 4) is 22.7 Å². The predicted molar refractivity (Wildman–Crippen MR) is 167 cm³/mol. The number of thioether (sulfide) groups is 1. The van der Waals surface area contributed by atoms with Gasteiger partial charge in [-0.2, -0.15) is 5.10 Å². The highest BCUT2D eigenvalue weighted by molar-refractivity contribution is 8.26. The molecule has 0 N–H and O–H groups in total. The summed E-state index contributed by atoms with van der Waals surface area (Å²) in [5.41, 5.74) is 3.62. The van der Waals surface area contributed by atoms with Crippen molar-refractivity contribution in [2.75, 3.05) is 13.2 Å². The van der Waals surface area contributed by atoms with Gasteiger partial charge in [0.15, 0.2) is 0 Å². The number of aromatic nitrogens is 2. The number of para-hydroxylation sites is 1. The number of carbonyl (C=O) groups is 1. The van der Waals surface area contributed by atoms with E-state index in [1.54, 1.807) is 4.90 Å². The number of carbonyl (C=O) groups excluding carboxylic acids is 1. The van der Waals surface area contributed by atoms with Crippen LogP contribution in [0.5, 0.6) is 5.75 Å². The first-order valence-electron chi connectivity index (χ1n) is 14.0. The number of thiocarbonyl (C=S) groups is 1. The lowest BCUT2D eigenvalue weighted by Crippen LogP contribution is -2.33. The van der Waals surface area contributed by atoms with Crippen molar-refractivity contribution in [2.24, 2.45) is 11.8 Å². The highest BCUT2D eigenvalue weighted by atomic mass is 32.2. The van der Waals surface area contributed by atoms with Gasteiger partial charge in [0.1, 0.15) is 10.1 Å². The summed E-state index contributed by atoms with van der Waals surface area (Å²) in [6, 6.07) is 18.1. The Morgan fingerprint density at radius 2 is 1.79 bits per heavy atom. The molecule has 1 amide bonds. The van der Waals surface area contributed by atoms with Gasteiger partial charge >= 0.3 is 0 Å². The second-order valence-corrected chi connectivity index (χ2v) is 12.2. The molecule has 2 aromatic carbocycles. The summed E-state index contributed by atoms with van der Waals surface area (Å²) in [4.78, 5) is 15.9. The Morgan fingerprint density at radius 3 is 2.46 bits per heavy atom. The lowest BCUT2D eigenvalue weighted by Gasteiger charge is -2.21. The highest BCUT2D eigenvalue weighted by Crippen LogP contribution is 2.36. The van der Waals surface area contributed by atoms with Gasteiger partial charge in [-0.3, -0.25) is 9.69 Å². The molecule has 1 aromatic heterocycles. The topological polar surface area (TPSA) is 47.4 Å². The van der Waals surface area contributed by atoms with E-state index >= 15 is 0 Å². The van der Waals surface area contributed by atoms with Crippen LogP contribution in [0, 0.1) is 11.8 Å². The monoisotopic (exact) mass is 561 g/mol. The van der Waals surface area contributed by atoms with Crippen LogP contribution in [0.4, 0.5) is 0 Å². The maximum absolute atomic E-state index is 13.5. The first-order valence-corrected chi connectivity index (χ1v) is 15.3. The molecule has 2 heterocycles. The largest absolute Gasteiger partial charge is 0.494 e. The molecule has 0 bridgehead atoms. The van der Waals surface area contributed by atoms with Gasteiger partial charge in [-0.05, 0) is 67.2 Å². The minimum absolute atomic E-state index is 0.00717. The number of rotatable bonds is 13. The Morgan fingerprint density at radius 1 is 1.05 bits per heavy atom. The summed E-state index contributed by atoms with van der Waals surface area (Å²) in [6.07, 6.45) is 9.45. The zero-order valence-electron chi connectivity index (χ0n) is 23.4. The molecule has 0 spiro atoms. The van der Waals surface area contributed by atoms with Gasteiger partial charge in [0.25, 0.3) is 5.91 Å². The molecule has 7 heteroatoms. The molecule has 3 aromatic rings. The van der Waals surface area contributed by atoms with Crippen LogP contribution in [0.2, 0.25) is 0 Å². The summed E-state index contributed by atoms with van der Waals surface area (Å²) in [5.74, 6) is 1.90. The normalized spacial score (nSPS) is 15.5. The average molecular weight is 562 g/mol. The lowest BCUT2D eigenvalue weighted by atomic mass is 9.99. The molecule has 1 saturated heterocycles. The number of hydrogen-bond donors (Lipinski definition) is 0. The van der Waals surface area contributed by atoms with E-state index < -0.39 is 0 Å². The van der Waals surface area contributed by atoms with Gasteiger partial charge in [0.05, 0.1) is 22.9 Å². The molecular weight excluding hydrogens is 523 g/mol. The summed E-state index contributed by atoms with van der Waals surface area (Å²) < 4.78 is 8.43. The van der Waals surface area contributed by atoms with Crippen LogP contribution in [-0.4, -0.2) is 38.1 Å². The summed E-state index contributed by atoms with van der Waals surface area (Å²) in [6.45, 7) is 10.2. The van der Waals surface area contributed by atoms with Crippen LogP contribution < -0.4 is 4.74 Å². The van der Waals surface area contributed by atoms with Crippen molar-refractivity contribution in [1.82, 2.24) is 14.7 Å². The van der Waals surface area contributed by atoms with Crippen LogP contribution >= 0.6 is 24.0 Å². The predicted octanol–water partition coefficient (Wildman–Crippen LogP) is 8.38. The molecule has 1 atom stereocenters. The smallest absolute Gasteiger partial charge is 0.266 e. The Bertz CT molecular complexity index is 1280. The highest BCUT2D eigenvalue weighted by Gasteiger charge is 2.33. The van der Waals surface area contributed by atoms with Crippen LogP contribution in [-0.2, 0) is 4.79 Å². The van der Waals surface area contributed by atoms with Crippen molar-refractivity contribution in [2.45, 2.75) is 59.8 Å². The molecule has 1 unspecified atom stereocenters. The van der Waals surface area contributed by atoms with Crippen LogP contribution in [0.25, 0.3) is 23.0 Å². The van der Waals surface area contributed by atoms with Crippen molar-refractivity contribution in [1.29, 1.82) is 0 Å². The van der Waals surface area contributed by atoms with Crippen molar-refractivity contribution < 1.29 is 9.53 Å². The minimum atomic E-state index is -0.00717. The minimum Gasteiger partial charge on any atom is -0.494 e. The van der Waals surface area contributed by atoms with Crippen molar-refractivity contribution >= 4 is 40.3 Å². The number of nitrogens with zero attached hydrogens (tertiary/aromatic N) is 3. The molecule has 1 aliphatic heterocycles. The lowest BCUT2D eigenvalue weighted by molar-refractivity contribution is -0.122. The molecule has 39 heavy (non-hydrogen) atoms. The van der Waals surface area contributed by atoms with Crippen molar-refractivity contribution in [3.63, 3.8) is 0 Å². The first-order chi connectivity index (χ1) is 18.9. The molecule has 206 valence electrons. The Kier molecular flexibility index (Phi) is 10.4. The molecule has 0 radical (unpaired) electrons. The number of benzene rings is 2. The standard InChI is InChI=1S/C32H39N3O2S2/c1-5-7-11-24(6-2)21-34-31(36)29(39-32(34)38)20-26-22-35(27-12-9-8-10-13-27)33-30(26)25-14-16-28(17-15-25)37-19-18-23(3)4/h8-10,12-17,20,22-24H,5-7,11,18-19,21H2,1-4H3/b29-20-. The van der Waals surface area contributed by atoms with Gasteiger partial charge < -0.3 is 4.74 Å². The second-order valence-electron chi connectivity index (χ2n) is 10.5. The zero-order valence-corrected chi connectivity index (χ0v) is 25.1. The van der Waals surface area contributed by atoms with E-state index in [2.05, 4.69) is 27.7 Å². The van der Waals surface area contributed by atoms with E-state index in [4.69, 9.17) is 22.1 Å². The molecule has 1 aliphatic rings. The van der Waals surface area contributed by atoms with E-state index in [9.17, 15) is 4.79 Å². The van der Waals surface area contributed by atoms with Gasteiger partial charge in [-0.15, -0.1) is 0 Å². The number of unbranched alkanes of at least 4 members (excludes halogenated alkanes) is 1. The number of hydrogen-bond acceptors (Lipinski definition) is 5. The zero-order chi connectivity index (χ0) is 27.8. The fourth-order valence-corrected chi connectivity index (χ4v) is 5.79. The van der Waals surface area contributed by atoms with Crippen LogP contribution in [0.1, 0.15) is 65.4 Å². The molecule has 0 aliphatic carbocycles. The quantitative estimate of drug-likeness (QED) is 0.155. The van der Waals surface area contributed by atoms with E-state index in [-0.39, 0.29) is 5.91 Å². The summed E-state index contributed by atoms with van der Waals surface area (Å²) in [5, 5.41) is 4.93. The van der Waals surface area contributed by atoms with E-state index in [0.717, 1.165) is 53.9 Å². The Balaban J connectivity index is 1.62. The molecule has 4 rings (SSSR count). The number of amides is 1. The molecule has 0 saturated carbocycles. The van der Waals surface area contributed by atoms with E-state index in [0.29, 0.717) is 34.2 Å². The Hall–Kier alpha value is -2.90. The molecule has 1 fully saturated rings. The fraction of sp³-hybridized carbons (Fsp3) is 0.406. The van der Waals surface area contributed by atoms with E-state index in [1.165, 1.54) is 18.2 Å². The SMILES string of the molecule is CCCCC(CC)CN1C(=O)/C(=C/c2cn(-c3ccccc3)nc2-c2ccc(OCCC(C)C)cc2)SC1=S. The maximum Gasteiger partial charge on any atom is 0.266 e. The van der Waals surface area contributed by atoms with Gasteiger partial charge in [0, 0.05) is 23.9 Å². The summed E-state index contributed by atoms with van der Waals surface area (Å²) >= 11 is 7.04. The number of ether oxygens (including phenoxy) is 1. The summed E-state index contributed by atoms with van der Waals surface area (Å²) in [7, 11) is 0. The van der Waals surface area contributed by atoms with E-state index in [1.807, 2.05) is 71.6 Å².